The number of benzene rings is 4. The molecule has 0 bridgehead atoms. The normalized spacial score (nSPS) is 17.5. The third-order valence-corrected chi connectivity index (χ3v) is 6.87. The van der Waals surface area contributed by atoms with E-state index in [0.717, 1.165) is 21.9 Å². The maximum absolute atomic E-state index is 12.3. The summed E-state index contributed by atoms with van der Waals surface area (Å²) in [6, 6.07) is 31.1. The Labute approximate surface area is 216 Å². The summed E-state index contributed by atoms with van der Waals surface area (Å²) in [6.07, 6.45) is -0.864. The summed E-state index contributed by atoms with van der Waals surface area (Å²) in [5.74, 6) is 0.548. The van der Waals surface area contributed by atoms with E-state index in [9.17, 15) is 14.7 Å². The van der Waals surface area contributed by atoms with E-state index in [0.29, 0.717) is 30.9 Å². The van der Waals surface area contributed by atoms with Gasteiger partial charge >= 0.3 is 0 Å². The van der Waals surface area contributed by atoms with Crippen LogP contribution in [-0.2, 0) is 11.3 Å². The predicted molar refractivity (Wildman–Crippen MR) is 140 cm³/mol. The molecular formula is C31H28NO5-. The van der Waals surface area contributed by atoms with E-state index in [1.807, 2.05) is 60.7 Å². The number of Topliss-reactive ketones (excluding diaryl/α,β-unsaturated/α-hetero) is 1. The Bertz CT molecular complexity index is 1370. The molecule has 1 aliphatic rings. The van der Waals surface area contributed by atoms with E-state index in [2.05, 4.69) is 24.3 Å². The highest BCUT2D eigenvalue weighted by Crippen LogP contribution is 2.32. The number of ketones is 1. The van der Waals surface area contributed by atoms with Crippen LogP contribution < -0.4 is 9.84 Å². The maximum atomic E-state index is 12.3. The lowest BCUT2D eigenvalue weighted by atomic mass is 9.87. The summed E-state index contributed by atoms with van der Waals surface area (Å²) in [4.78, 5) is 25.2. The molecular weight excluding hydrogens is 466 g/mol. The molecule has 4 aromatic carbocycles. The topological polar surface area (TPSA) is 78.9 Å². The van der Waals surface area contributed by atoms with Gasteiger partial charge in [0.2, 0.25) is 0 Å². The number of ether oxygens (including phenoxy) is 2. The van der Waals surface area contributed by atoms with Gasteiger partial charge in [-0.1, -0.05) is 78.9 Å². The van der Waals surface area contributed by atoms with Crippen LogP contribution >= 0.6 is 0 Å². The fourth-order valence-electron chi connectivity index (χ4n) is 4.83. The smallest absolute Gasteiger partial charge is 0.200 e. The number of likely N-dealkylation sites (tertiary alicyclic amines) is 1. The molecule has 1 amide bonds. The first-order valence-corrected chi connectivity index (χ1v) is 12.4. The molecule has 1 heterocycles. The number of piperidine rings is 1. The van der Waals surface area contributed by atoms with Crippen LogP contribution in [0.1, 0.15) is 33.8 Å². The highest BCUT2D eigenvalue weighted by molar-refractivity contribution is 5.97. The Morgan fingerprint density at radius 3 is 2.35 bits per heavy atom. The van der Waals surface area contributed by atoms with E-state index < -0.39 is 6.09 Å². The van der Waals surface area contributed by atoms with Gasteiger partial charge in [0.15, 0.2) is 12.4 Å². The van der Waals surface area contributed by atoms with Crippen molar-refractivity contribution in [2.24, 2.45) is 0 Å². The second-order valence-corrected chi connectivity index (χ2v) is 9.28. The van der Waals surface area contributed by atoms with Gasteiger partial charge in [-0.15, -0.1) is 0 Å². The second-order valence-electron chi connectivity index (χ2n) is 9.28. The minimum atomic E-state index is -1.18. The molecule has 0 aromatic heterocycles. The number of fused-ring (bicyclic) bond motifs is 1. The summed E-state index contributed by atoms with van der Waals surface area (Å²) in [5.41, 5.74) is 2.70. The fraction of sp³-hybridized carbons (Fsp3) is 0.226. The lowest BCUT2D eigenvalue weighted by Crippen LogP contribution is -2.51. The van der Waals surface area contributed by atoms with Crippen LogP contribution in [0.2, 0.25) is 0 Å². The van der Waals surface area contributed by atoms with Crippen LogP contribution in [0.25, 0.3) is 10.8 Å². The maximum Gasteiger partial charge on any atom is 0.200 e. The molecule has 0 aliphatic carbocycles. The molecule has 2 unspecified atom stereocenters. The van der Waals surface area contributed by atoms with Gasteiger partial charge in [0, 0.05) is 24.6 Å². The Hall–Kier alpha value is -4.16. The number of hydrogen-bond donors (Lipinski definition) is 0. The van der Waals surface area contributed by atoms with Crippen molar-refractivity contribution in [2.45, 2.75) is 25.0 Å². The highest BCUT2D eigenvalue weighted by Gasteiger charge is 2.31. The van der Waals surface area contributed by atoms with Crippen LogP contribution in [0.3, 0.4) is 0 Å². The number of nitrogens with zero attached hydrogens (tertiary/aromatic N) is 1. The molecule has 4 aromatic rings. The molecule has 1 fully saturated rings. The molecule has 0 saturated carbocycles. The Balaban J connectivity index is 1.25. The first-order valence-electron chi connectivity index (χ1n) is 12.4. The molecule has 1 saturated heterocycles. The standard InChI is InChI=1S/C31H29NO5/c33-29(25-7-2-1-3-8-25)21-36-27-14-12-24(13-15-27)28-16-17-32(31(34)35)19-30(28)37-20-22-10-11-23-6-4-5-9-26(23)18-22/h1-15,18,28,30H,16-17,19-21H2,(H,34,35)/p-1. The summed E-state index contributed by atoms with van der Waals surface area (Å²) in [5, 5.41) is 13.9. The third kappa shape index (κ3) is 5.98. The predicted octanol–water partition coefficient (Wildman–Crippen LogP) is 4.82. The molecule has 5 rings (SSSR count). The zero-order chi connectivity index (χ0) is 25.6. The molecule has 0 N–H and O–H groups in total. The van der Waals surface area contributed by atoms with Crippen LogP contribution in [0.5, 0.6) is 5.75 Å². The van der Waals surface area contributed by atoms with Crippen molar-refractivity contribution >= 4 is 22.6 Å². The Morgan fingerprint density at radius 1 is 0.865 bits per heavy atom. The van der Waals surface area contributed by atoms with Crippen molar-refractivity contribution in [3.8, 4) is 5.75 Å². The van der Waals surface area contributed by atoms with E-state index >= 15 is 0 Å². The molecule has 6 nitrogen and oxygen atoms in total. The minimum Gasteiger partial charge on any atom is -0.530 e. The Morgan fingerprint density at radius 2 is 1.59 bits per heavy atom. The van der Waals surface area contributed by atoms with Crippen molar-refractivity contribution < 1.29 is 24.2 Å². The lowest BCUT2D eigenvalue weighted by molar-refractivity contribution is -0.268. The monoisotopic (exact) mass is 494 g/mol. The van der Waals surface area contributed by atoms with Gasteiger partial charge < -0.3 is 24.3 Å². The first-order chi connectivity index (χ1) is 18.1. The largest absolute Gasteiger partial charge is 0.530 e. The van der Waals surface area contributed by atoms with Crippen LogP contribution in [0.15, 0.2) is 97.1 Å². The van der Waals surface area contributed by atoms with Gasteiger partial charge in [0.1, 0.15) is 11.8 Å². The molecule has 6 heteroatoms. The van der Waals surface area contributed by atoms with Crippen LogP contribution in [0.4, 0.5) is 4.79 Å². The Kier molecular flexibility index (Phi) is 7.47. The van der Waals surface area contributed by atoms with Gasteiger partial charge in [-0.25, -0.2) is 0 Å². The molecule has 2 atom stereocenters. The second kappa shape index (κ2) is 11.3. The highest BCUT2D eigenvalue weighted by atomic mass is 16.5. The zero-order valence-electron chi connectivity index (χ0n) is 20.4. The van der Waals surface area contributed by atoms with Crippen molar-refractivity contribution in [3.05, 3.63) is 114 Å². The molecule has 0 spiro atoms. The van der Waals surface area contributed by atoms with Gasteiger partial charge in [0.25, 0.3) is 0 Å². The number of carboxylic acid groups (broad SMARTS) is 1. The average Bonchev–Trinajstić information content (AvgIpc) is 2.95. The number of hydrogen-bond acceptors (Lipinski definition) is 5. The number of carbonyl (C=O) groups is 2. The van der Waals surface area contributed by atoms with E-state index in [1.54, 1.807) is 12.1 Å². The van der Waals surface area contributed by atoms with Crippen LogP contribution in [0, 0.1) is 0 Å². The summed E-state index contributed by atoms with van der Waals surface area (Å²) in [6.45, 7) is 0.998. The van der Waals surface area contributed by atoms with Crippen LogP contribution in [-0.4, -0.2) is 42.6 Å². The van der Waals surface area contributed by atoms with Gasteiger partial charge in [-0.05, 0) is 46.5 Å². The SMILES string of the molecule is O=C(COc1ccc(C2CCN(C(=O)[O-])CC2OCc2ccc3ccccc3c2)cc1)c1ccccc1. The van der Waals surface area contributed by atoms with Gasteiger partial charge in [-0.3, -0.25) is 4.79 Å². The van der Waals surface area contributed by atoms with Crippen molar-refractivity contribution in [2.75, 3.05) is 19.7 Å². The lowest BCUT2D eigenvalue weighted by Gasteiger charge is -2.40. The minimum absolute atomic E-state index is 0.0241. The summed E-state index contributed by atoms with van der Waals surface area (Å²) < 4.78 is 12.0. The molecule has 37 heavy (non-hydrogen) atoms. The van der Waals surface area contributed by atoms with Crippen molar-refractivity contribution in [1.82, 2.24) is 4.90 Å². The van der Waals surface area contributed by atoms with E-state index in [4.69, 9.17) is 9.47 Å². The average molecular weight is 495 g/mol. The van der Waals surface area contributed by atoms with Crippen molar-refractivity contribution in [1.29, 1.82) is 0 Å². The molecule has 0 radical (unpaired) electrons. The van der Waals surface area contributed by atoms with Gasteiger partial charge in [-0.2, -0.15) is 0 Å². The number of amides is 1. The van der Waals surface area contributed by atoms with E-state index in [-0.39, 0.29) is 31.0 Å². The number of rotatable bonds is 8. The first kappa shape index (κ1) is 24.5. The molecule has 188 valence electrons. The van der Waals surface area contributed by atoms with Gasteiger partial charge in [0.05, 0.1) is 12.7 Å². The third-order valence-electron chi connectivity index (χ3n) is 6.87. The zero-order valence-corrected chi connectivity index (χ0v) is 20.4. The van der Waals surface area contributed by atoms with Crippen molar-refractivity contribution in [3.63, 3.8) is 0 Å². The van der Waals surface area contributed by atoms with E-state index in [1.165, 1.54) is 4.90 Å². The molecule has 1 aliphatic heterocycles. The quantitative estimate of drug-likeness (QED) is 0.328. The number of carbonyl (C=O) groups excluding carboxylic acids is 2. The summed E-state index contributed by atoms with van der Waals surface area (Å²) >= 11 is 0. The fourth-order valence-corrected chi connectivity index (χ4v) is 4.83. The summed E-state index contributed by atoms with van der Waals surface area (Å²) in [7, 11) is 0.